The fourth-order valence-electron chi connectivity index (χ4n) is 1.76. The first-order valence-corrected chi connectivity index (χ1v) is 7.02. The van der Waals surface area contributed by atoms with Gasteiger partial charge < -0.3 is 15.4 Å². The molecule has 1 aromatic rings. The first-order chi connectivity index (χ1) is 9.77. The molecular formula is C15H24FN3O. The van der Waals surface area contributed by atoms with Crippen molar-refractivity contribution in [2.75, 3.05) is 33.4 Å². The smallest absolute Gasteiger partial charge is 0.191 e. The first-order valence-electron chi connectivity index (χ1n) is 7.02. The SMILES string of the molecule is CCNC(=NCCCOC)NCCc1ccccc1F. The molecule has 0 atom stereocenters. The van der Waals surface area contributed by atoms with Crippen LogP contribution in [0.5, 0.6) is 0 Å². The Labute approximate surface area is 120 Å². The van der Waals surface area contributed by atoms with Gasteiger partial charge in [-0.15, -0.1) is 0 Å². The zero-order valence-electron chi connectivity index (χ0n) is 12.3. The van der Waals surface area contributed by atoms with Crippen LogP contribution in [0.15, 0.2) is 29.3 Å². The molecule has 0 unspecified atom stereocenters. The van der Waals surface area contributed by atoms with E-state index in [2.05, 4.69) is 15.6 Å². The van der Waals surface area contributed by atoms with Crippen molar-refractivity contribution in [3.8, 4) is 0 Å². The third-order valence-electron chi connectivity index (χ3n) is 2.77. The monoisotopic (exact) mass is 281 g/mol. The number of methoxy groups -OCH3 is 1. The number of benzene rings is 1. The molecule has 0 fully saturated rings. The molecule has 1 aromatic carbocycles. The van der Waals surface area contributed by atoms with Crippen molar-refractivity contribution >= 4 is 5.96 Å². The Bertz CT molecular complexity index is 410. The molecule has 0 radical (unpaired) electrons. The predicted octanol–water partition coefficient (Wildman–Crippen LogP) is 1.96. The number of nitrogens with zero attached hydrogens (tertiary/aromatic N) is 1. The summed E-state index contributed by atoms with van der Waals surface area (Å²) >= 11 is 0. The normalized spacial score (nSPS) is 11.4. The predicted molar refractivity (Wildman–Crippen MR) is 80.6 cm³/mol. The number of halogens is 1. The van der Waals surface area contributed by atoms with Crippen molar-refractivity contribution in [2.24, 2.45) is 4.99 Å². The largest absolute Gasteiger partial charge is 0.385 e. The maximum atomic E-state index is 13.5. The van der Waals surface area contributed by atoms with Gasteiger partial charge in [-0.3, -0.25) is 4.99 Å². The summed E-state index contributed by atoms with van der Waals surface area (Å²) in [6.07, 6.45) is 1.52. The zero-order chi connectivity index (χ0) is 14.6. The van der Waals surface area contributed by atoms with Gasteiger partial charge in [0.05, 0.1) is 0 Å². The van der Waals surface area contributed by atoms with Crippen molar-refractivity contribution < 1.29 is 9.13 Å². The number of guanidine groups is 1. The van der Waals surface area contributed by atoms with Crippen LogP contribution >= 0.6 is 0 Å². The summed E-state index contributed by atoms with van der Waals surface area (Å²) in [5.74, 6) is 0.608. The number of hydrogen-bond donors (Lipinski definition) is 2. The molecular weight excluding hydrogens is 257 g/mol. The van der Waals surface area contributed by atoms with Crippen LogP contribution in [0.25, 0.3) is 0 Å². The van der Waals surface area contributed by atoms with Crippen LogP contribution in [-0.2, 0) is 11.2 Å². The second kappa shape index (κ2) is 10.2. The van der Waals surface area contributed by atoms with E-state index in [1.54, 1.807) is 19.2 Å². The molecule has 1 rings (SSSR count). The average Bonchev–Trinajstić information content (AvgIpc) is 2.45. The van der Waals surface area contributed by atoms with Crippen molar-refractivity contribution in [1.82, 2.24) is 10.6 Å². The lowest BCUT2D eigenvalue weighted by Crippen LogP contribution is -2.38. The lowest BCUT2D eigenvalue weighted by atomic mass is 10.1. The van der Waals surface area contributed by atoms with Gasteiger partial charge in [0.2, 0.25) is 0 Å². The van der Waals surface area contributed by atoms with Crippen molar-refractivity contribution in [3.05, 3.63) is 35.6 Å². The number of nitrogens with one attached hydrogen (secondary N) is 2. The van der Waals surface area contributed by atoms with Crippen LogP contribution in [0.1, 0.15) is 18.9 Å². The number of rotatable bonds is 8. The molecule has 0 heterocycles. The van der Waals surface area contributed by atoms with Gasteiger partial charge in [0.1, 0.15) is 5.82 Å². The molecule has 0 aromatic heterocycles. The summed E-state index contributed by atoms with van der Waals surface area (Å²) in [6, 6.07) is 6.84. The molecule has 0 spiro atoms. The molecule has 0 aliphatic heterocycles. The molecule has 0 aliphatic rings. The van der Waals surface area contributed by atoms with E-state index in [4.69, 9.17) is 4.74 Å². The van der Waals surface area contributed by atoms with Crippen LogP contribution < -0.4 is 10.6 Å². The van der Waals surface area contributed by atoms with E-state index in [0.29, 0.717) is 26.1 Å². The number of hydrogen-bond acceptors (Lipinski definition) is 2. The van der Waals surface area contributed by atoms with Crippen LogP contribution in [0, 0.1) is 5.82 Å². The van der Waals surface area contributed by atoms with Crippen molar-refractivity contribution in [3.63, 3.8) is 0 Å². The third-order valence-corrected chi connectivity index (χ3v) is 2.77. The van der Waals surface area contributed by atoms with E-state index in [9.17, 15) is 4.39 Å². The Morgan fingerprint density at radius 2 is 2.10 bits per heavy atom. The first kappa shape index (κ1) is 16.4. The molecule has 0 aliphatic carbocycles. The maximum absolute atomic E-state index is 13.5. The van der Waals surface area contributed by atoms with E-state index in [1.165, 1.54) is 6.07 Å². The Kier molecular flexibility index (Phi) is 8.38. The highest BCUT2D eigenvalue weighted by Gasteiger charge is 2.01. The van der Waals surface area contributed by atoms with E-state index in [0.717, 1.165) is 24.5 Å². The van der Waals surface area contributed by atoms with E-state index >= 15 is 0 Å². The number of ether oxygens (including phenoxy) is 1. The lowest BCUT2D eigenvalue weighted by molar-refractivity contribution is 0.197. The van der Waals surface area contributed by atoms with Gasteiger partial charge >= 0.3 is 0 Å². The highest BCUT2D eigenvalue weighted by atomic mass is 19.1. The topological polar surface area (TPSA) is 45.7 Å². The molecule has 112 valence electrons. The minimum Gasteiger partial charge on any atom is -0.385 e. The Morgan fingerprint density at radius 3 is 2.80 bits per heavy atom. The summed E-state index contributed by atoms with van der Waals surface area (Å²) in [7, 11) is 1.68. The molecule has 20 heavy (non-hydrogen) atoms. The highest BCUT2D eigenvalue weighted by molar-refractivity contribution is 5.79. The fraction of sp³-hybridized carbons (Fsp3) is 0.533. The lowest BCUT2D eigenvalue weighted by Gasteiger charge is -2.11. The minimum absolute atomic E-state index is 0.156. The van der Waals surface area contributed by atoms with Crippen LogP contribution in [-0.4, -0.2) is 39.3 Å². The van der Waals surface area contributed by atoms with Gasteiger partial charge in [-0.05, 0) is 31.4 Å². The van der Waals surface area contributed by atoms with Crippen LogP contribution in [0.4, 0.5) is 4.39 Å². The molecule has 0 saturated heterocycles. The van der Waals surface area contributed by atoms with Gasteiger partial charge in [0, 0.05) is 33.4 Å². The summed E-state index contributed by atoms with van der Waals surface area (Å²) in [5, 5.41) is 6.37. The van der Waals surface area contributed by atoms with Crippen LogP contribution in [0.3, 0.4) is 0 Å². The summed E-state index contributed by atoms with van der Waals surface area (Å²) in [5.41, 5.74) is 0.718. The molecule has 0 bridgehead atoms. The summed E-state index contributed by atoms with van der Waals surface area (Å²) in [4.78, 5) is 4.43. The van der Waals surface area contributed by atoms with E-state index in [1.807, 2.05) is 13.0 Å². The zero-order valence-corrected chi connectivity index (χ0v) is 12.3. The quantitative estimate of drug-likeness (QED) is 0.435. The molecule has 0 saturated carbocycles. The van der Waals surface area contributed by atoms with Gasteiger partial charge in [0.25, 0.3) is 0 Å². The van der Waals surface area contributed by atoms with E-state index in [-0.39, 0.29) is 5.82 Å². The Hall–Kier alpha value is -1.62. The third kappa shape index (κ3) is 6.52. The molecule has 4 nitrogen and oxygen atoms in total. The second-order valence-electron chi connectivity index (χ2n) is 4.38. The minimum atomic E-state index is -0.156. The van der Waals surface area contributed by atoms with Crippen molar-refractivity contribution in [2.45, 2.75) is 19.8 Å². The van der Waals surface area contributed by atoms with Crippen molar-refractivity contribution in [1.29, 1.82) is 0 Å². The second-order valence-corrected chi connectivity index (χ2v) is 4.38. The fourth-order valence-corrected chi connectivity index (χ4v) is 1.76. The number of aliphatic imine (C=N–C) groups is 1. The van der Waals surface area contributed by atoms with Gasteiger partial charge in [-0.25, -0.2) is 4.39 Å². The molecule has 2 N–H and O–H groups in total. The van der Waals surface area contributed by atoms with Crippen LogP contribution in [0.2, 0.25) is 0 Å². The Morgan fingerprint density at radius 1 is 1.30 bits per heavy atom. The van der Waals surface area contributed by atoms with Gasteiger partial charge in [0.15, 0.2) is 5.96 Å². The maximum Gasteiger partial charge on any atom is 0.191 e. The summed E-state index contributed by atoms with van der Waals surface area (Å²) in [6.45, 7) is 4.89. The van der Waals surface area contributed by atoms with Gasteiger partial charge in [-0.2, -0.15) is 0 Å². The van der Waals surface area contributed by atoms with Gasteiger partial charge in [-0.1, -0.05) is 18.2 Å². The summed E-state index contributed by atoms with van der Waals surface area (Å²) < 4.78 is 18.4. The average molecular weight is 281 g/mol. The van der Waals surface area contributed by atoms with E-state index < -0.39 is 0 Å². The Balaban J connectivity index is 2.36. The standard InChI is InChI=1S/C15H24FN3O/c1-3-17-15(18-10-6-12-20-2)19-11-9-13-7-4-5-8-14(13)16/h4-5,7-8H,3,6,9-12H2,1-2H3,(H2,17,18,19). The molecule has 5 heteroatoms. The molecule has 0 amide bonds. The highest BCUT2D eigenvalue weighted by Crippen LogP contribution is 2.05.